The number of carbonyl (C=O) groups is 1. The second-order valence-corrected chi connectivity index (χ2v) is 4.80. The fourth-order valence-electron chi connectivity index (χ4n) is 1.86. The average Bonchev–Trinajstić information content (AvgIpc) is 2.39. The predicted octanol–water partition coefficient (Wildman–Crippen LogP) is 3.06. The highest BCUT2D eigenvalue weighted by atomic mass is 79.9. The number of anilines is 1. The molecule has 0 fully saturated rings. The summed E-state index contributed by atoms with van der Waals surface area (Å²) in [7, 11) is 0. The van der Waals surface area contributed by atoms with E-state index in [9.17, 15) is 9.18 Å². The monoisotopic (exact) mass is 322 g/mol. The number of rotatable bonds is 1. The summed E-state index contributed by atoms with van der Waals surface area (Å²) in [5, 5.41) is 2.60. The number of benzene rings is 1. The van der Waals surface area contributed by atoms with E-state index >= 15 is 0 Å². The van der Waals surface area contributed by atoms with Crippen molar-refractivity contribution in [2.45, 2.75) is 6.10 Å². The van der Waals surface area contributed by atoms with Crippen LogP contribution in [0.1, 0.15) is 11.7 Å². The van der Waals surface area contributed by atoms with Crippen molar-refractivity contribution in [1.29, 1.82) is 0 Å². The number of carbonyl (C=O) groups excluding carboxylic acids is 1. The predicted molar refractivity (Wildman–Crippen MR) is 70.3 cm³/mol. The molecule has 96 valence electrons. The number of halogens is 2. The minimum atomic E-state index is -1.00. The van der Waals surface area contributed by atoms with E-state index in [0.717, 1.165) is 0 Å². The molecule has 1 unspecified atom stereocenters. The average molecular weight is 323 g/mol. The maximum absolute atomic E-state index is 13.7. The van der Waals surface area contributed by atoms with Gasteiger partial charge in [0, 0.05) is 5.56 Å². The lowest BCUT2D eigenvalue weighted by atomic mass is 10.1. The summed E-state index contributed by atoms with van der Waals surface area (Å²) in [6, 6.07) is 9.39. The van der Waals surface area contributed by atoms with Gasteiger partial charge in [0.2, 0.25) is 6.10 Å². The summed E-state index contributed by atoms with van der Waals surface area (Å²) in [4.78, 5) is 16.0. The molecule has 1 aliphatic heterocycles. The Balaban J connectivity index is 2.01. The van der Waals surface area contributed by atoms with Gasteiger partial charge in [0.05, 0.1) is 0 Å². The number of nitrogens with zero attached hydrogens (tertiary/aromatic N) is 1. The van der Waals surface area contributed by atoms with Crippen LogP contribution in [0.5, 0.6) is 5.75 Å². The Morgan fingerprint density at radius 2 is 2.05 bits per heavy atom. The normalized spacial score (nSPS) is 17.4. The van der Waals surface area contributed by atoms with Crippen LogP contribution in [0.25, 0.3) is 0 Å². The fourth-order valence-corrected chi connectivity index (χ4v) is 2.17. The summed E-state index contributed by atoms with van der Waals surface area (Å²) < 4.78 is 19.8. The SMILES string of the molecule is O=C1Nc2nc(Br)ccc2OC1c1ccccc1F. The summed E-state index contributed by atoms with van der Waals surface area (Å²) in [5.41, 5.74) is 0.202. The molecule has 1 N–H and O–H groups in total. The molecule has 0 aliphatic carbocycles. The van der Waals surface area contributed by atoms with Crippen LogP contribution in [0.3, 0.4) is 0 Å². The molecule has 4 nitrogen and oxygen atoms in total. The molecule has 2 aromatic rings. The van der Waals surface area contributed by atoms with E-state index in [4.69, 9.17) is 4.74 Å². The number of ether oxygens (including phenoxy) is 1. The number of pyridine rings is 1. The van der Waals surface area contributed by atoms with E-state index in [1.165, 1.54) is 12.1 Å². The van der Waals surface area contributed by atoms with Crippen molar-refractivity contribution in [3.63, 3.8) is 0 Å². The Hall–Kier alpha value is -1.95. The molecule has 6 heteroatoms. The third-order valence-electron chi connectivity index (χ3n) is 2.74. The molecule has 1 amide bonds. The van der Waals surface area contributed by atoms with Gasteiger partial charge >= 0.3 is 0 Å². The second-order valence-electron chi connectivity index (χ2n) is 3.99. The molecule has 1 aromatic carbocycles. The zero-order valence-electron chi connectivity index (χ0n) is 9.56. The van der Waals surface area contributed by atoms with Crippen LogP contribution in [0.4, 0.5) is 10.2 Å². The van der Waals surface area contributed by atoms with Gasteiger partial charge in [-0.3, -0.25) is 4.79 Å². The molecule has 0 saturated heterocycles. The molecule has 1 aromatic heterocycles. The Morgan fingerprint density at radius 3 is 2.84 bits per heavy atom. The minimum Gasteiger partial charge on any atom is -0.472 e. The maximum atomic E-state index is 13.7. The fraction of sp³-hybridized carbons (Fsp3) is 0.0769. The van der Waals surface area contributed by atoms with Crippen molar-refractivity contribution in [2.24, 2.45) is 0 Å². The largest absolute Gasteiger partial charge is 0.472 e. The van der Waals surface area contributed by atoms with Crippen LogP contribution in [0.15, 0.2) is 41.0 Å². The zero-order chi connectivity index (χ0) is 13.4. The van der Waals surface area contributed by atoms with Gasteiger partial charge < -0.3 is 10.1 Å². The molecule has 3 rings (SSSR count). The van der Waals surface area contributed by atoms with E-state index in [1.54, 1.807) is 24.3 Å². The van der Waals surface area contributed by atoms with Gasteiger partial charge in [-0.05, 0) is 34.1 Å². The molecule has 2 heterocycles. The first-order valence-electron chi connectivity index (χ1n) is 5.53. The number of hydrogen-bond acceptors (Lipinski definition) is 3. The van der Waals surface area contributed by atoms with Crippen molar-refractivity contribution in [3.05, 3.63) is 52.4 Å². The van der Waals surface area contributed by atoms with Crippen molar-refractivity contribution >= 4 is 27.7 Å². The second kappa shape index (κ2) is 4.62. The molecule has 19 heavy (non-hydrogen) atoms. The molecule has 0 radical (unpaired) electrons. The van der Waals surface area contributed by atoms with Crippen LogP contribution < -0.4 is 10.1 Å². The Kier molecular flexibility index (Phi) is 2.94. The number of hydrogen-bond donors (Lipinski definition) is 1. The van der Waals surface area contributed by atoms with Gasteiger partial charge in [0.25, 0.3) is 5.91 Å². The highest BCUT2D eigenvalue weighted by molar-refractivity contribution is 9.10. The van der Waals surface area contributed by atoms with Crippen LogP contribution in [0, 0.1) is 5.82 Å². The molecule has 1 aliphatic rings. The minimum absolute atomic E-state index is 0.202. The quantitative estimate of drug-likeness (QED) is 0.821. The summed E-state index contributed by atoms with van der Waals surface area (Å²) >= 11 is 3.20. The van der Waals surface area contributed by atoms with Crippen LogP contribution in [-0.4, -0.2) is 10.9 Å². The van der Waals surface area contributed by atoms with E-state index < -0.39 is 17.8 Å². The summed E-state index contributed by atoms with van der Waals surface area (Å²) in [5.74, 6) is -0.178. The van der Waals surface area contributed by atoms with E-state index in [-0.39, 0.29) is 5.56 Å². The van der Waals surface area contributed by atoms with Gasteiger partial charge in [0.1, 0.15) is 10.4 Å². The van der Waals surface area contributed by atoms with Crippen LogP contribution in [0.2, 0.25) is 0 Å². The standard InChI is InChI=1S/C13H8BrFN2O2/c14-10-6-5-9-12(16-10)17-13(18)11(19-9)7-3-1-2-4-8(7)15/h1-6,11H,(H,16,17,18). The van der Waals surface area contributed by atoms with Gasteiger partial charge in [-0.25, -0.2) is 9.37 Å². The third-order valence-corrected chi connectivity index (χ3v) is 3.18. The summed E-state index contributed by atoms with van der Waals surface area (Å²) in [6.45, 7) is 0. The Labute approximate surface area is 116 Å². The smallest absolute Gasteiger partial charge is 0.271 e. The number of nitrogens with one attached hydrogen (secondary N) is 1. The first kappa shape index (κ1) is 12.1. The highest BCUT2D eigenvalue weighted by Crippen LogP contribution is 2.35. The lowest BCUT2D eigenvalue weighted by Crippen LogP contribution is -2.31. The Morgan fingerprint density at radius 1 is 1.26 bits per heavy atom. The molecule has 1 atom stereocenters. The number of fused-ring (bicyclic) bond motifs is 1. The van der Waals surface area contributed by atoms with E-state index in [2.05, 4.69) is 26.2 Å². The van der Waals surface area contributed by atoms with Gasteiger partial charge in [-0.15, -0.1) is 0 Å². The van der Waals surface area contributed by atoms with Crippen molar-refractivity contribution in [1.82, 2.24) is 4.98 Å². The molecule has 0 spiro atoms. The van der Waals surface area contributed by atoms with E-state index in [1.807, 2.05) is 0 Å². The highest BCUT2D eigenvalue weighted by Gasteiger charge is 2.31. The molecular weight excluding hydrogens is 315 g/mol. The first-order chi connectivity index (χ1) is 9.15. The van der Waals surface area contributed by atoms with Crippen molar-refractivity contribution in [2.75, 3.05) is 5.32 Å². The first-order valence-corrected chi connectivity index (χ1v) is 6.33. The van der Waals surface area contributed by atoms with Gasteiger partial charge in [-0.2, -0.15) is 0 Å². The maximum Gasteiger partial charge on any atom is 0.271 e. The van der Waals surface area contributed by atoms with Gasteiger partial charge in [-0.1, -0.05) is 18.2 Å². The summed E-state index contributed by atoms with van der Waals surface area (Å²) in [6.07, 6.45) is -1.00. The van der Waals surface area contributed by atoms with Crippen molar-refractivity contribution in [3.8, 4) is 5.75 Å². The zero-order valence-corrected chi connectivity index (χ0v) is 11.1. The number of aromatic nitrogens is 1. The lowest BCUT2D eigenvalue weighted by molar-refractivity contribution is -0.124. The third kappa shape index (κ3) is 2.19. The van der Waals surface area contributed by atoms with Crippen LogP contribution >= 0.6 is 15.9 Å². The van der Waals surface area contributed by atoms with E-state index in [0.29, 0.717) is 16.2 Å². The van der Waals surface area contributed by atoms with Crippen molar-refractivity contribution < 1.29 is 13.9 Å². The Bertz CT molecular complexity index is 663. The number of amides is 1. The lowest BCUT2D eigenvalue weighted by Gasteiger charge is -2.25. The van der Waals surface area contributed by atoms with Gasteiger partial charge in [0.15, 0.2) is 11.6 Å². The van der Waals surface area contributed by atoms with Crippen LogP contribution in [-0.2, 0) is 4.79 Å². The topological polar surface area (TPSA) is 51.2 Å². The molecule has 0 bridgehead atoms. The molecule has 0 saturated carbocycles. The molecular formula is C13H8BrFN2O2.